The first-order valence-corrected chi connectivity index (χ1v) is 9.02. The Balaban J connectivity index is 1.44. The highest BCUT2D eigenvalue weighted by atomic mass is 19.3. The van der Waals surface area contributed by atoms with Crippen LogP contribution in [0.25, 0.3) is 0 Å². The number of halogens is 3. The molecule has 0 radical (unpaired) electrons. The van der Waals surface area contributed by atoms with Crippen LogP contribution < -0.4 is 10.1 Å². The van der Waals surface area contributed by atoms with Crippen LogP contribution in [0.15, 0.2) is 48.5 Å². The van der Waals surface area contributed by atoms with Crippen LogP contribution in [-0.4, -0.2) is 60.9 Å². The van der Waals surface area contributed by atoms with E-state index in [0.717, 1.165) is 0 Å². The molecule has 0 unspecified atom stereocenters. The van der Waals surface area contributed by atoms with Gasteiger partial charge in [0.2, 0.25) is 5.91 Å². The number of alkyl halides is 2. The fraction of sp³-hybridized carbons (Fsp3) is 0.300. The van der Waals surface area contributed by atoms with Gasteiger partial charge in [0.05, 0.1) is 6.54 Å². The summed E-state index contributed by atoms with van der Waals surface area (Å²) in [6.07, 6.45) is 0. The fourth-order valence-electron chi connectivity index (χ4n) is 3.01. The zero-order valence-corrected chi connectivity index (χ0v) is 15.5. The van der Waals surface area contributed by atoms with Crippen molar-refractivity contribution in [2.24, 2.45) is 0 Å². The van der Waals surface area contributed by atoms with E-state index in [0.29, 0.717) is 37.4 Å². The molecule has 154 valence electrons. The molecule has 1 fully saturated rings. The third-order valence-electron chi connectivity index (χ3n) is 4.48. The van der Waals surface area contributed by atoms with Crippen LogP contribution in [0.5, 0.6) is 5.75 Å². The number of piperazine rings is 1. The molecule has 29 heavy (non-hydrogen) atoms. The highest BCUT2D eigenvalue weighted by Gasteiger charge is 2.23. The molecule has 2 aromatic rings. The van der Waals surface area contributed by atoms with Gasteiger partial charge in [-0.05, 0) is 48.5 Å². The third-order valence-corrected chi connectivity index (χ3v) is 4.48. The van der Waals surface area contributed by atoms with Crippen molar-refractivity contribution in [3.05, 3.63) is 59.9 Å². The Labute approximate surface area is 165 Å². The summed E-state index contributed by atoms with van der Waals surface area (Å²) in [7, 11) is 0. The molecule has 2 aromatic carbocycles. The molecule has 0 bridgehead atoms. The summed E-state index contributed by atoms with van der Waals surface area (Å²) in [5.74, 6) is -0.792. The quantitative estimate of drug-likeness (QED) is 0.800. The summed E-state index contributed by atoms with van der Waals surface area (Å²) in [6.45, 7) is -0.771. The van der Waals surface area contributed by atoms with Gasteiger partial charge in [0, 0.05) is 37.4 Å². The number of hydrogen-bond donors (Lipinski definition) is 1. The van der Waals surface area contributed by atoms with E-state index in [1.54, 1.807) is 4.90 Å². The average Bonchev–Trinajstić information content (AvgIpc) is 2.70. The van der Waals surface area contributed by atoms with Gasteiger partial charge in [0.15, 0.2) is 0 Å². The van der Waals surface area contributed by atoms with Crippen molar-refractivity contribution in [2.45, 2.75) is 6.61 Å². The number of hydrogen-bond acceptors (Lipinski definition) is 4. The van der Waals surface area contributed by atoms with Gasteiger partial charge in [0.25, 0.3) is 5.91 Å². The van der Waals surface area contributed by atoms with Crippen LogP contribution in [0.2, 0.25) is 0 Å². The van der Waals surface area contributed by atoms with E-state index in [1.807, 2.05) is 4.90 Å². The molecule has 0 spiro atoms. The molecule has 1 heterocycles. The maximum Gasteiger partial charge on any atom is 0.387 e. The molecule has 9 heteroatoms. The molecule has 1 aliphatic rings. The van der Waals surface area contributed by atoms with E-state index in [9.17, 15) is 22.8 Å². The summed E-state index contributed by atoms with van der Waals surface area (Å²) in [5, 5.41) is 2.70. The van der Waals surface area contributed by atoms with E-state index in [2.05, 4.69) is 10.1 Å². The molecule has 3 rings (SSSR count). The van der Waals surface area contributed by atoms with E-state index in [1.165, 1.54) is 48.5 Å². The summed E-state index contributed by atoms with van der Waals surface area (Å²) in [6, 6.07) is 11.1. The minimum Gasteiger partial charge on any atom is -0.435 e. The lowest BCUT2D eigenvalue weighted by Crippen LogP contribution is -2.50. The molecule has 0 aliphatic carbocycles. The number of anilines is 1. The van der Waals surface area contributed by atoms with Crippen molar-refractivity contribution in [3.63, 3.8) is 0 Å². The van der Waals surface area contributed by atoms with Crippen molar-refractivity contribution in [3.8, 4) is 5.75 Å². The van der Waals surface area contributed by atoms with Crippen LogP contribution in [0.1, 0.15) is 10.4 Å². The molecule has 1 saturated heterocycles. The van der Waals surface area contributed by atoms with Crippen LogP contribution in [0.4, 0.5) is 18.9 Å². The number of nitrogens with one attached hydrogen (secondary N) is 1. The van der Waals surface area contributed by atoms with Gasteiger partial charge in [-0.25, -0.2) is 4.39 Å². The largest absolute Gasteiger partial charge is 0.435 e. The Kier molecular flexibility index (Phi) is 6.71. The lowest BCUT2D eigenvalue weighted by Gasteiger charge is -2.34. The number of amides is 2. The van der Waals surface area contributed by atoms with Gasteiger partial charge in [-0.3, -0.25) is 14.5 Å². The van der Waals surface area contributed by atoms with Gasteiger partial charge < -0.3 is 15.0 Å². The maximum absolute atomic E-state index is 13.0. The Hall–Kier alpha value is -3.07. The number of ether oxygens (including phenoxy) is 1. The molecular weight excluding hydrogens is 387 g/mol. The first-order valence-electron chi connectivity index (χ1n) is 9.02. The van der Waals surface area contributed by atoms with E-state index in [4.69, 9.17) is 0 Å². The Morgan fingerprint density at radius 3 is 2.17 bits per heavy atom. The lowest BCUT2D eigenvalue weighted by atomic mass is 10.2. The molecule has 1 aliphatic heterocycles. The van der Waals surface area contributed by atoms with Crippen LogP contribution in [0, 0.1) is 5.82 Å². The highest BCUT2D eigenvalue weighted by molar-refractivity contribution is 5.94. The fourth-order valence-corrected chi connectivity index (χ4v) is 3.01. The van der Waals surface area contributed by atoms with Gasteiger partial charge >= 0.3 is 6.61 Å². The monoisotopic (exact) mass is 407 g/mol. The summed E-state index contributed by atoms with van der Waals surface area (Å²) in [4.78, 5) is 28.2. The third kappa shape index (κ3) is 5.95. The number of carbonyl (C=O) groups is 2. The topological polar surface area (TPSA) is 61.9 Å². The van der Waals surface area contributed by atoms with Gasteiger partial charge in [-0.2, -0.15) is 8.78 Å². The van der Waals surface area contributed by atoms with Crippen molar-refractivity contribution in [1.82, 2.24) is 9.80 Å². The van der Waals surface area contributed by atoms with E-state index in [-0.39, 0.29) is 24.1 Å². The second-order valence-electron chi connectivity index (χ2n) is 6.53. The van der Waals surface area contributed by atoms with Gasteiger partial charge in [0.1, 0.15) is 11.6 Å². The normalized spacial score (nSPS) is 14.7. The molecule has 1 N–H and O–H groups in total. The second kappa shape index (κ2) is 9.42. The molecule has 0 atom stereocenters. The Morgan fingerprint density at radius 2 is 1.59 bits per heavy atom. The number of carbonyl (C=O) groups excluding carboxylic acids is 2. The molecular formula is C20H20F3N3O3. The van der Waals surface area contributed by atoms with Crippen LogP contribution in [-0.2, 0) is 4.79 Å². The highest BCUT2D eigenvalue weighted by Crippen LogP contribution is 2.18. The molecule has 0 saturated carbocycles. The molecule has 6 nitrogen and oxygen atoms in total. The zero-order chi connectivity index (χ0) is 20.8. The van der Waals surface area contributed by atoms with E-state index >= 15 is 0 Å². The van der Waals surface area contributed by atoms with Crippen molar-refractivity contribution in [2.75, 3.05) is 38.0 Å². The minimum atomic E-state index is -2.90. The smallest absolute Gasteiger partial charge is 0.387 e. The van der Waals surface area contributed by atoms with Crippen LogP contribution in [0.3, 0.4) is 0 Å². The predicted molar refractivity (Wildman–Crippen MR) is 100 cm³/mol. The second-order valence-corrected chi connectivity index (χ2v) is 6.53. The molecule has 0 aromatic heterocycles. The summed E-state index contributed by atoms with van der Waals surface area (Å²) >= 11 is 0. The summed E-state index contributed by atoms with van der Waals surface area (Å²) < 4.78 is 41.5. The first kappa shape index (κ1) is 20.7. The standard InChI is InChI=1S/C20H20F3N3O3/c21-15-3-1-14(2-4-15)19(28)26-11-9-25(10-12-26)13-18(27)24-16-5-7-17(8-6-16)29-20(22)23/h1-8,20H,9-13H2,(H,24,27). The van der Waals surface area contributed by atoms with Gasteiger partial charge in [-0.15, -0.1) is 0 Å². The number of rotatable bonds is 6. The number of nitrogens with zero attached hydrogens (tertiary/aromatic N) is 2. The van der Waals surface area contributed by atoms with Crippen molar-refractivity contribution >= 4 is 17.5 Å². The maximum atomic E-state index is 13.0. The van der Waals surface area contributed by atoms with Crippen molar-refractivity contribution in [1.29, 1.82) is 0 Å². The average molecular weight is 407 g/mol. The Bertz CT molecular complexity index is 836. The Morgan fingerprint density at radius 1 is 0.966 bits per heavy atom. The SMILES string of the molecule is O=C(CN1CCN(C(=O)c2ccc(F)cc2)CC1)Nc1ccc(OC(F)F)cc1. The predicted octanol–water partition coefficient (Wildman–Crippen LogP) is 2.82. The number of benzene rings is 2. The first-order chi connectivity index (χ1) is 13.9. The van der Waals surface area contributed by atoms with E-state index < -0.39 is 12.4 Å². The van der Waals surface area contributed by atoms with Crippen LogP contribution >= 0.6 is 0 Å². The van der Waals surface area contributed by atoms with Crippen molar-refractivity contribution < 1.29 is 27.5 Å². The zero-order valence-electron chi connectivity index (χ0n) is 15.5. The van der Waals surface area contributed by atoms with Gasteiger partial charge in [-0.1, -0.05) is 0 Å². The molecule has 2 amide bonds. The minimum absolute atomic E-state index is 0.0138. The summed E-state index contributed by atoms with van der Waals surface area (Å²) in [5.41, 5.74) is 0.901. The lowest BCUT2D eigenvalue weighted by molar-refractivity contribution is -0.117.